The van der Waals surface area contributed by atoms with Crippen LogP contribution in [0.25, 0.3) is 0 Å². The smallest absolute Gasteiger partial charge is 0.142 e. The lowest BCUT2D eigenvalue weighted by Crippen LogP contribution is -2.41. The molecule has 1 aromatic rings. The topological polar surface area (TPSA) is 20.2 Å². The summed E-state index contributed by atoms with van der Waals surface area (Å²) >= 11 is 5.65. The van der Waals surface area contributed by atoms with E-state index in [9.17, 15) is 9.50 Å². The predicted octanol–water partition coefficient (Wildman–Crippen LogP) is 3.96. The van der Waals surface area contributed by atoms with Crippen molar-refractivity contribution in [3.8, 4) is 0 Å². The molecule has 1 nitrogen and oxygen atoms in total. The fourth-order valence-electron chi connectivity index (χ4n) is 2.71. The van der Waals surface area contributed by atoms with Gasteiger partial charge >= 0.3 is 0 Å². The monoisotopic (exact) mass is 256 g/mol. The van der Waals surface area contributed by atoms with E-state index in [4.69, 9.17) is 11.6 Å². The van der Waals surface area contributed by atoms with E-state index in [0.29, 0.717) is 6.42 Å². The number of aliphatic hydroxyl groups is 1. The van der Waals surface area contributed by atoms with Crippen LogP contribution >= 0.6 is 11.6 Å². The van der Waals surface area contributed by atoms with Gasteiger partial charge in [-0.05, 0) is 42.4 Å². The summed E-state index contributed by atoms with van der Waals surface area (Å²) in [5, 5.41) is 10.8. The largest absolute Gasteiger partial charge is 0.389 e. The van der Waals surface area contributed by atoms with Crippen molar-refractivity contribution >= 4 is 11.6 Å². The molecule has 0 radical (unpaired) electrons. The first kappa shape index (κ1) is 12.8. The summed E-state index contributed by atoms with van der Waals surface area (Å²) in [7, 11) is 0. The standard InChI is InChI=1S/C14H18ClFO/c1-13(2)6-3-7-14(13,17)9-10-4-5-11(15)12(16)8-10/h4-5,8,17H,3,6-7,9H2,1-2H3. The summed E-state index contributed by atoms with van der Waals surface area (Å²) in [6.45, 7) is 4.15. The molecule has 0 aliphatic heterocycles. The second kappa shape index (κ2) is 4.25. The molecule has 17 heavy (non-hydrogen) atoms. The van der Waals surface area contributed by atoms with Gasteiger partial charge in [-0.2, -0.15) is 0 Å². The van der Waals surface area contributed by atoms with Crippen LogP contribution in [-0.4, -0.2) is 10.7 Å². The molecule has 0 saturated heterocycles. The van der Waals surface area contributed by atoms with Crippen LogP contribution in [0.5, 0.6) is 0 Å². The fourth-order valence-corrected chi connectivity index (χ4v) is 2.83. The van der Waals surface area contributed by atoms with Gasteiger partial charge in [-0.15, -0.1) is 0 Å². The third-order valence-electron chi connectivity index (χ3n) is 4.13. The van der Waals surface area contributed by atoms with Crippen molar-refractivity contribution in [1.29, 1.82) is 0 Å². The highest BCUT2D eigenvalue weighted by molar-refractivity contribution is 6.30. The molecule has 1 N–H and O–H groups in total. The third kappa shape index (κ3) is 2.34. The fraction of sp³-hybridized carbons (Fsp3) is 0.571. The molecular weight excluding hydrogens is 239 g/mol. The quantitative estimate of drug-likeness (QED) is 0.849. The molecule has 3 heteroatoms. The first-order valence-corrected chi connectivity index (χ1v) is 6.38. The molecule has 0 spiro atoms. The Morgan fingerprint density at radius 2 is 2.06 bits per heavy atom. The number of hydrogen-bond acceptors (Lipinski definition) is 1. The van der Waals surface area contributed by atoms with Crippen molar-refractivity contribution in [2.24, 2.45) is 5.41 Å². The van der Waals surface area contributed by atoms with Crippen molar-refractivity contribution in [3.05, 3.63) is 34.6 Å². The molecule has 1 saturated carbocycles. The van der Waals surface area contributed by atoms with Gasteiger partial charge in [0.2, 0.25) is 0 Å². The summed E-state index contributed by atoms with van der Waals surface area (Å²) < 4.78 is 13.4. The average Bonchev–Trinajstić information content (AvgIpc) is 2.47. The van der Waals surface area contributed by atoms with E-state index in [1.54, 1.807) is 12.1 Å². The van der Waals surface area contributed by atoms with Gasteiger partial charge in [0.05, 0.1) is 10.6 Å². The van der Waals surface area contributed by atoms with Gasteiger partial charge in [0.1, 0.15) is 5.82 Å². The number of benzene rings is 1. The molecule has 0 heterocycles. The highest BCUT2D eigenvalue weighted by Crippen LogP contribution is 2.47. The Morgan fingerprint density at radius 3 is 2.59 bits per heavy atom. The van der Waals surface area contributed by atoms with Crippen LogP contribution in [0.4, 0.5) is 4.39 Å². The molecule has 1 aromatic carbocycles. The van der Waals surface area contributed by atoms with Crippen molar-refractivity contribution in [2.75, 3.05) is 0 Å². The average molecular weight is 257 g/mol. The van der Waals surface area contributed by atoms with E-state index in [-0.39, 0.29) is 10.4 Å². The lowest BCUT2D eigenvalue weighted by atomic mass is 9.74. The highest BCUT2D eigenvalue weighted by Gasteiger charge is 2.47. The SMILES string of the molecule is CC1(C)CCCC1(O)Cc1ccc(Cl)c(F)c1. The minimum Gasteiger partial charge on any atom is -0.389 e. The lowest BCUT2D eigenvalue weighted by Gasteiger charge is -2.37. The van der Waals surface area contributed by atoms with Gasteiger partial charge in [-0.1, -0.05) is 31.5 Å². The van der Waals surface area contributed by atoms with Gasteiger partial charge < -0.3 is 5.11 Å². The second-order valence-corrected chi connectivity index (χ2v) is 6.10. The normalized spacial score (nSPS) is 27.4. The summed E-state index contributed by atoms with van der Waals surface area (Å²) in [6, 6.07) is 4.77. The van der Waals surface area contributed by atoms with Crippen LogP contribution in [0.15, 0.2) is 18.2 Å². The van der Waals surface area contributed by atoms with Crippen LogP contribution in [0.2, 0.25) is 5.02 Å². The minimum absolute atomic E-state index is 0.108. The van der Waals surface area contributed by atoms with E-state index in [1.165, 1.54) is 6.07 Å². The molecule has 1 aliphatic carbocycles. The van der Waals surface area contributed by atoms with Crippen molar-refractivity contribution in [1.82, 2.24) is 0 Å². The summed E-state index contributed by atoms with van der Waals surface area (Å²) in [6.07, 6.45) is 3.32. The number of rotatable bonds is 2. The van der Waals surface area contributed by atoms with Crippen LogP contribution in [0.3, 0.4) is 0 Å². The van der Waals surface area contributed by atoms with Crippen LogP contribution < -0.4 is 0 Å². The van der Waals surface area contributed by atoms with E-state index in [0.717, 1.165) is 24.8 Å². The van der Waals surface area contributed by atoms with Crippen molar-refractivity contribution in [3.63, 3.8) is 0 Å². The van der Waals surface area contributed by atoms with Gasteiger partial charge in [-0.3, -0.25) is 0 Å². The van der Waals surface area contributed by atoms with Crippen molar-refractivity contribution in [2.45, 2.75) is 45.1 Å². The second-order valence-electron chi connectivity index (χ2n) is 5.69. The molecule has 1 aliphatic rings. The molecular formula is C14H18ClFO. The number of halogens is 2. The Kier molecular flexibility index (Phi) is 3.21. The molecule has 0 aromatic heterocycles. The van der Waals surface area contributed by atoms with Crippen LogP contribution in [0.1, 0.15) is 38.7 Å². The first-order chi connectivity index (χ1) is 7.84. The Balaban J connectivity index is 2.23. The lowest BCUT2D eigenvalue weighted by molar-refractivity contribution is -0.0419. The van der Waals surface area contributed by atoms with Gasteiger partial charge in [0.25, 0.3) is 0 Å². The zero-order chi connectivity index (χ0) is 12.7. The maximum atomic E-state index is 13.4. The molecule has 0 amide bonds. The van der Waals surface area contributed by atoms with Crippen LogP contribution in [0, 0.1) is 11.2 Å². The van der Waals surface area contributed by atoms with Gasteiger partial charge in [0, 0.05) is 6.42 Å². The Hall–Kier alpha value is -0.600. The minimum atomic E-state index is -0.729. The Morgan fingerprint density at radius 1 is 1.35 bits per heavy atom. The van der Waals surface area contributed by atoms with E-state index >= 15 is 0 Å². The summed E-state index contributed by atoms with van der Waals surface area (Å²) in [5.74, 6) is -0.413. The molecule has 94 valence electrons. The molecule has 0 bridgehead atoms. The van der Waals surface area contributed by atoms with Crippen molar-refractivity contribution < 1.29 is 9.50 Å². The highest BCUT2D eigenvalue weighted by atomic mass is 35.5. The third-order valence-corrected chi connectivity index (χ3v) is 4.44. The summed E-state index contributed by atoms with van der Waals surface area (Å²) in [5.41, 5.74) is -0.0273. The van der Waals surface area contributed by atoms with Gasteiger partial charge in [-0.25, -0.2) is 4.39 Å². The van der Waals surface area contributed by atoms with Crippen LogP contribution in [-0.2, 0) is 6.42 Å². The van der Waals surface area contributed by atoms with Gasteiger partial charge in [0.15, 0.2) is 0 Å². The molecule has 2 rings (SSSR count). The Bertz CT molecular complexity index is 430. The molecule has 1 atom stereocenters. The van der Waals surface area contributed by atoms with E-state index in [2.05, 4.69) is 13.8 Å². The van der Waals surface area contributed by atoms with E-state index < -0.39 is 11.4 Å². The zero-order valence-electron chi connectivity index (χ0n) is 10.3. The maximum Gasteiger partial charge on any atom is 0.142 e. The zero-order valence-corrected chi connectivity index (χ0v) is 11.0. The Labute approximate surface area is 107 Å². The molecule has 1 fully saturated rings. The maximum absolute atomic E-state index is 13.4. The summed E-state index contributed by atoms with van der Waals surface area (Å²) in [4.78, 5) is 0. The van der Waals surface area contributed by atoms with E-state index in [1.807, 2.05) is 0 Å². The first-order valence-electron chi connectivity index (χ1n) is 6.00. The molecule has 1 unspecified atom stereocenters. The number of hydrogen-bond donors (Lipinski definition) is 1. The predicted molar refractivity (Wildman–Crippen MR) is 67.7 cm³/mol.